The minimum Gasteiger partial charge on any atom is -0.490 e. The molecule has 0 spiro atoms. The van der Waals surface area contributed by atoms with Crippen LogP contribution < -0.4 is 19.5 Å². The standard InChI is InChI=1S/C17H14Cl3NO4/c18-11-7-13(20)15(8-12(11)19)25-9-17(22)21-10-2-3-14-16(6-10)24-5-1-4-23-14/h2-3,6-8H,1,4-5,9H2,(H,21,22). The third-order valence-electron chi connectivity index (χ3n) is 3.36. The van der Waals surface area contributed by atoms with Crippen LogP contribution in [-0.4, -0.2) is 25.7 Å². The maximum atomic E-state index is 12.1. The zero-order chi connectivity index (χ0) is 17.8. The number of carbonyl (C=O) groups excluding carboxylic acids is 1. The third kappa shape index (κ3) is 4.63. The van der Waals surface area contributed by atoms with Gasteiger partial charge >= 0.3 is 0 Å². The Morgan fingerprint density at radius 3 is 2.52 bits per heavy atom. The first-order chi connectivity index (χ1) is 12.0. The topological polar surface area (TPSA) is 56.8 Å². The highest BCUT2D eigenvalue weighted by molar-refractivity contribution is 6.43. The molecule has 132 valence electrons. The molecule has 1 N–H and O–H groups in total. The van der Waals surface area contributed by atoms with Crippen LogP contribution in [0, 0.1) is 0 Å². The lowest BCUT2D eigenvalue weighted by atomic mass is 10.2. The fourth-order valence-electron chi connectivity index (χ4n) is 2.20. The SMILES string of the molecule is O=C(COc1cc(Cl)c(Cl)cc1Cl)Nc1ccc2c(c1)OCCCO2. The molecule has 1 heterocycles. The molecule has 25 heavy (non-hydrogen) atoms. The summed E-state index contributed by atoms with van der Waals surface area (Å²) in [6.45, 7) is 0.951. The number of hydrogen-bond acceptors (Lipinski definition) is 4. The van der Waals surface area contributed by atoms with Crippen LogP contribution >= 0.6 is 34.8 Å². The van der Waals surface area contributed by atoms with E-state index in [-0.39, 0.29) is 23.3 Å². The van der Waals surface area contributed by atoms with E-state index in [1.807, 2.05) is 0 Å². The highest BCUT2D eigenvalue weighted by Gasteiger charge is 2.13. The first kappa shape index (κ1) is 18.0. The van der Waals surface area contributed by atoms with E-state index in [0.717, 1.165) is 6.42 Å². The van der Waals surface area contributed by atoms with E-state index < -0.39 is 0 Å². The van der Waals surface area contributed by atoms with Gasteiger partial charge in [-0.1, -0.05) is 34.8 Å². The Kier molecular flexibility index (Phi) is 5.78. The number of rotatable bonds is 4. The van der Waals surface area contributed by atoms with Crippen molar-refractivity contribution in [2.45, 2.75) is 6.42 Å². The van der Waals surface area contributed by atoms with Crippen LogP contribution in [0.1, 0.15) is 6.42 Å². The van der Waals surface area contributed by atoms with E-state index in [9.17, 15) is 4.79 Å². The Bertz CT molecular complexity index is 798. The molecule has 0 bridgehead atoms. The Labute approximate surface area is 159 Å². The summed E-state index contributed by atoms with van der Waals surface area (Å²) < 4.78 is 16.5. The molecule has 0 aromatic heterocycles. The highest BCUT2D eigenvalue weighted by Crippen LogP contribution is 2.34. The molecule has 1 aliphatic heterocycles. The number of fused-ring (bicyclic) bond motifs is 1. The summed E-state index contributed by atoms with van der Waals surface area (Å²) in [6, 6.07) is 8.13. The lowest BCUT2D eigenvalue weighted by Crippen LogP contribution is -2.20. The predicted molar refractivity (Wildman–Crippen MR) is 97.6 cm³/mol. The van der Waals surface area contributed by atoms with Gasteiger partial charge in [-0.15, -0.1) is 0 Å². The summed E-state index contributed by atoms with van der Waals surface area (Å²) in [4.78, 5) is 12.1. The number of amides is 1. The molecular formula is C17H14Cl3NO4. The highest BCUT2D eigenvalue weighted by atomic mass is 35.5. The summed E-state index contributed by atoms with van der Waals surface area (Å²) in [5.41, 5.74) is 0.582. The second-order valence-corrected chi connectivity index (χ2v) is 6.47. The molecule has 1 amide bonds. The van der Waals surface area contributed by atoms with Crippen molar-refractivity contribution in [2.24, 2.45) is 0 Å². The fourth-order valence-corrected chi connectivity index (χ4v) is 2.79. The maximum absolute atomic E-state index is 12.1. The van der Waals surface area contributed by atoms with Gasteiger partial charge in [0.1, 0.15) is 5.75 Å². The lowest BCUT2D eigenvalue weighted by Gasteiger charge is -2.12. The van der Waals surface area contributed by atoms with Crippen LogP contribution in [-0.2, 0) is 4.79 Å². The Morgan fingerprint density at radius 2 is 1.72 bits per heavy atom. The fraction of sp³-hybridized carbons (Fsp3) is 0.235. The largest absolute Gasteiger partial charge is 0.490 e. The van der Waals surface area contributed by atoms with Crippen LogP contribution in [0.25, 0.3) is 0 Å². The van der Waals surface area contributed by atoms with Gasteiger partial charge in [0.05, 0.1) is 28.3 Å². The predicted octanol–water partition coefficient (Wildman–Crippen LogP) is 4.83. The van der Waals surface area contributed by atoms with Gasteiger partial charge in [-0.25, -0.2) is 0 Å². The first-order valence-corrected chi connectivity index (χ1v) is 8.63. The van der Waals surface area contributed by atoms with Crippen LogP contribution in [0.4, 0.5) is 5.69 Å². The number of carbonyl (C=O) groups is 1. The molecule has 0 atom stereocenters. The number of hydrogen-bond donors (Lipinski definition) is 1. The van der Waals surface area contributed by atoms with Crippen molar-refractivity contribution in [1.82, 2.24) is 0 Å². The van der Waals surface area contributed by atoms with E-state index in [2.05, 4.69) is 5.32 Å². The monoisotopic (exact) mass is 401 g/mol. The van der Waals surface area contributed by atoms with Crippen LogP contribution in [0.3, 0.4) is 0 Å². The quantitative estimate of drug-likeness (QED) is 0.745. The Morgan fingerprint density at radius 1 is 1.00 bits per heavy atom. The number of nitrogens with one attached hydrogen (secondary N) is 1. The number of ether oxygens (including phenoxy) is 3. The Balaban J connectivity index is 1.61. The van der Waals surface area contributed by atoms with E-state index in [1.54, 1.807) is 18.2 Å². The van der Waals surface area contributed by atoms with Gasteiger partial charge in [-0.2, -0.15) is 0 Å². The van der Waals surface area contributed by atoms with Gasteiger partial charge < -0.3 is 19.5 Å². The summed E-state index contributed by atoms with van der Waals surface area (Å²) >= 11 is 17.8. The maximum Gasteiger partial charge on any atom is 0.262 e. The molecule has 0 fully saturated rings. The molecule has 0 saturated carbocycles. The molecule has 0 radical (unpaired) electrons. The first-order valence-electron chi connectivity index (χ1n) is 7.50. The van der Waals surface area contributed by atoms with E-state index in [4.69, 9.17) is 49.0 Å². The van der Waals surface area contributed by atoms with E-state index in [1.165, 1.54) is 12.1 Å². The number of benzene rings is 2. The second kappa shape index (κ2) is 8.04. The molecule has 1 aliphatic rings. The number of halogens is 3. The van der Waals surface area contributed by atoms with Gasteiger partial charge in [-0.3, -0.25) is 4.79 Å². The average Bonchev–Trinajstić information content (AvgIpc) is 2.82. The summed E-state index contributed by atoms with van der Waals surface area (Å²) in [5.74, 6) is 1.19. The van der Waals surface area contributed by atoms with Crippen LogP contribution in [0.2, 0.25) is 15.1 Å². The lowest BCUT2D eigenvalue weighted by molar-refractivity contribution is -0.118. The van der Waals surface area contributed by atoms with Crippen molar-refractivity contribution in [2.75, 3.05) is 25.1 Å². The minimum absolute atomic E-state index is 0.230. The summed E-state index contributed by atoms with van der Waals surface area (Å²) in [5, 5.41) is 3.61. The number of anilines is 1. The van der Waals surface area contributed by atoms with Gasteiger partial charge in [0.25, 0.3) is 5.91 Å². The van der Waals surface area contributed by atoms with Crippen molar-refractivity contribution >= 4 is 46.4 Å². The smallest absolute Gasteiger partial charge is 0.262 e. The molecular weight excluding hydrogens is 389 g/mol. The normalized spacial score (nSPS) is 13.1. The van der Waals surface area contributed by atoms with Crippen molar-refractivity contribution in [1.29, 1.82) is 0 Å². The van der Waals surface area contributed by atoms with Crippen molar-refractivity contribution in [3.05, 3.63) is 45.4 Å². The second-order valence-electron chi connectivity index (χ2n) is 5.25. The molecule has 2 aromatic rings. The van der Waals surface area contributed by atoms with Crippen molar-refractivity contribution < 1.29 is 19.0 Å². The van der Waals surface area contributed by atoms with Gasteiger partial charge in [0.2, 0.25) is 0 Å². The average molecular weight is 403 g/mol. The molecule has 2 aromatic carbocycles. The minimum atomic E-state index is -0.350. The van der Waals surface area contributed by atoms with Gasteiger partial charge in [0, 0.05) is 24.2 Å². The summed E-state index contributed by atoms with van der Waals surface area (Å²) in [6.07, 6.45) is 0.814. The van der Waals surface area contributed by atoms with Crippen molar-refractivity contribution in [3.8, 4) is 17.2 Å². The van der Waals surface area contributed by atoms with Crippen LogP contribution in [0.5, 0.6) is 17.2 Å². The van der Waals surface area contributed by atoms with Gasteiger partial charge in [-0.05, 0) is 18.2 Å². The summed E-state index contributed by atoms with van der Waals surface area (Å²) in [7, 11) is 0. The third-order valence-corrected chi connectivity index (χ3v) is 4.38. The zero-order valence-electron chi connectivity index (χ0n) is 13.0. The van der Waals surface area contributed by atoms with E-state index in [0.29, 0.717) is 40.4 Å². The molecule has 0 aliphatic carbocycles. The molecule has 0 saturated heterocycles. The van der Waals surface area contributed by atoms with E-state index >= 15 is 0 Å². The zero-order valence-corrected chi connectivity index (χ0v) is 15.2. The molecule has 3 rings (SSSR count). The van der Waals surface area contributed by atoms with Crippen LogP contribution in [0.15, 0.2) is 30.3 Å². The van der Waals surface area contributed by atoms with Crippen molar-refractivity contribution in [3.63, 3.8) is 0 Å². The molecule has 8 heteroatoms. The van der Waals surface area contributed by atoms with Gasteiger partial charge in [0.15, 0.2) is 18.1 Å². The molecule has 0 unspecified atom stereocenters. The Hall–Kier alpha value is -1.82. The molecule has 5 nitrogen and oxygen atoms in total.